The number of methoxy groups -OCH3 is 1. The maximum atomic E-state index is 12.8. The Hall–Kier alpha value is -3.09. The van der Waals surface area contributed by atoms with Gasteiger partial charge in [0.2, 0.25) is 0 Å². The maximum absolute atomic E-state index is 12.8. The summed E-state index contributed by atoms with van der Waals surface area (Å²) in [7, 11) is 1.56. The lowest BCUT2D eigenvalue weighted by atomic mass is 10.2. The van der Waals surface area contributed by atoms with Gasteiger partial charge in [0.25, 0.3) is 5.91 Å². The number of nitrogens with zero attached hydrogens (tertiary/aromatic N) is 1. The predicted molar refractivity (Wildman–Crippen MR) is 84.7 cm³/mol. The van der Waals surface area contributed by atoms with Crippen molar-refractivity contribution in [3.63, 3.8) is 0 Å². The summed E-state index contributed by atoms with van der Waals surface area (Å²) in [4.78, 5) is 16.6. The second kappa shape index (κ2) is 7.79. The summed E-state index contributed by atoms with van der Waals surface area (Å²) >= 11 is 0. The van der Waals surface area contributed by atoms with Crippen LogP contribution in [0, 0.1) is 5.82 Å². The Balaban J connectivity index is 1.83. The zero-order chi connectivity index (χ0) is 16.7. The van der Waals surface area contributed by atoms with Gasteiger partial charge in [-0.2, -0.15) is 0 Å². The quantitative estimate of drug-likeness (QED) is 0.485. The van der Waals surface area contributed by atoms with Crippen LogP contribution < -0.4 is 15.8 Å². The van der Waals surface area contributed by atoms with Crippen LogP contribution in [0.15, 0.2) is 53.7 Å². The number of amides is 1. The summed E-state index contributed by atoms with van der Waals surface area (Å²) in [5.41, 5.74) is 6.78. The molecule has 0 saturated heterocycles. The summed E-state index contributed by atoms with van der Waals surface area (Å²) in [6.07, 6.45) is 0. The minimum absolute atomic E-state index is 0.0576. The first-order chi connectivity index (χ1) is 11.1. The molecule has 0 saturated carbocycles. The predicted octanol–water partition coefficient (Wildman–Crippen LogP) is 2.11. The van der Waals surface area contributed by atoms with Gasteiger partial charge in [-0.05, 0) is 48.5 Å². The van der Waals surface area contributed by atoms with E-state index in [0.717, 1.165) is 0 Å². The summed E-state index contributed by atoms with van der Waals surface area (Å²) < 4.78 is 17.8. The van der Waals surface area contributed by atoms with E-state index in [1.807, 2.05) is 0 Å². The highest BCUT2D eigenvalue weighted by atomic mass is 19.1. The van der Waals surface area contributed by atoms with E-state index in [9.17, 15) is 9.18 Å². The van der Waals surface area contributed by atoms with E-state index in [-0.39, 0.29) is 24.2 Å². The number of hydrogen-bond acceptors (Lipinski definition) is 4. The Morgan fingerprint density at radius 2 is 1.83 bits per heavy atom. The summed E-state index contributed by atoms with van der Waals surface area (Å²) in [5.74, 6) is -0.00896. The van der Waals surface area contributed by atoms with Crippen LogP contribution in [0.1, 0.15) is 5.56 Å². The Morgan fingerprint density at radius 1 is 1.17 bits per heavy atom. The minimum Gasteiger partial charge on any atom is -0.497 e. The summed E-state index contributed by atoms with van der Waals surface area (Å²) in [6, 6.07) is 12.3. The zero-order valence-electron chi connectivity index (χ0n) is 12.5. The molecule has 120 valence electrons. The van der Waals surface area contributed by atoms with Gasteiger partial charge >= 0.3 is 0 Å². The van der Waals surface area contributed by atoms with Crippen molar-refractivity contribution >= 4 is 17.4 Å². The molecule has 0 radical (unpaired) electrons. The SMILES string of the molecule is COc1ccc(NC(=O)CO/N=C(\N)c2ccc(F)cc2)cc1. The van der Waals surface area contributed by atoms with Crippen LogP contribution in [-0.4, -0.2) is 25.5 Å². The standard InChI is InChI=1S/C16H16FN3O3/c1-22-14-8-6-13(7-9-14)19-15(21)10-23-20-16(18)11-2-4-12(17)5-3-11/h2-9H,10H2,1H3,(H2,18,20)(H,19,21). The molecule has 6 nitrogen and oxygen atoms in total. The molecule has 0 heterocycles. The summed E-state index contributed by atoms with van der Waals surface area (Å²) in [5, 5.41) is 6.26. The van der Waals surface area contributed by atoms with Gasteiger partial charge < -0.3 is 20.6 Å². The second-order valence-electron chi connectivity index (χ2n) is 4.53. The van der Waals surface area contributed by atoms with Crippen LogP contribution in [-0.2, 0) is 9.63 Å². The molecule has 7 heteroatoms. The molecule has 0 spiro atoms. The number of oxime groups is 1. The van der Waals surface area contributed by atoms with Crippen molar-refractivity contribution in [3.05, 3.63) is 59.9 Å². The molecule has 0 unspecified atom stereocenters. The normalized spacial score (nSPS) is 11.0. The Kier molecular flexibility index (Phi) is 5.51. The average Bonchev–Trinajstić information content (AvgIpc) is 2.56. The number of halogens is 1. The van der Waals surface area contributed by atoms with Crippen LogP contribution in [0.3, 0.4) is 0 Å². The molecule has 0 aliphatic rings. The van der Waals surface area contributed by atoms with E-state index in [4.69, 9.17) is 15.3 Å². The molecular weight excluding hydrogens is 301 g/mol. The molecule has 0 aromatic heterocycles. The molecule has 23 heavy (non-hydrogen) atoms. The lowest BCUT2D eigenvalue weighted by molar-refractivity contribution is -0.120. The molecule has 0 aliphatic heterocycles. The van der Waals surface area contributed by atoms with Gasteiger partial charge in [0.1, 0.15) is 11.6 Å². The van der Waals surface area contributed by atoms with Crippen molar-refractivity contribution in [1.82, 2.24) is 0 Å². The number of rotatable bonds is 6. The fourth-order valence-electron chi connectivity index (χ4n) is 1.71. The van der Waals surface area contributed by atoms with E-state index in [2.05, 4.69) is 10.5 Å². The molecule has 3 N–H and O–H groups in total. The van der Waals surface area contributed by atoms with Crippen LogP contribution >= 0.6 is 0 Å². The third-order valence-electron chi connectivity index (χ3n) is 2.87. The fourth-order valence-corrected chi connectivity index (χ4v) is 1.71. The van der Waals surface area contributed by atoms with Gasteiger partial charge in [0.05, 0.1) is 7.11 Å². The number of carbonyl (C=O) groups is 1. The highest BCUT2D eigenvalue weighted by Gasteiger charge is 2.04. The van der Waals surface area contributed by atoms with Crippen molar-refractivity contribution in [3.8, 4) is 5.75 Å². The van der Waals surface area contributed by atoms with E-state index >= 15 is 0 Å². The van der Waals surface area contributed by atoms with Crippen molar-refractivity contribution in [1.29, 1.82) is 0 Å². The largest absolute Gasteiger partial charge is 0.497 e. The van der Waals surface area contributed by atoms with Crippen molar-refractivity contribution in [2.24, 2.45) is 10.9 Å². The van der Waals surface area contributed by atoms with Crippen LogP contribution in [0.25, 0.3) is 0 Å². The number of nitrogens with two attached hydrogens (primary N) is 1. The number of anilines is 1. The first-order valence-electron chi connectivity index (χ1n) is 6.74. The van der Waals surface area contributed by atoms with Crippen molar-refractivity contribution in [2.45, 2.75) is 0 Å². The first-order valence-corrected chi connectivity index (χ1v) is 6.74. The van der Waals surface area contributed by atoms with Gasteiger partial charge in [-0.3, -0.25) is 4.79 Å². The van der Waals surface area contributed by atoms with Gasteiger partial charge in [-0.15, -0.1) is 0 Å². The monoisotopic (exact) mass is 317 g/mol. The third kappa shape index (κ3) is 4.99. The Bertz CT molecular complexity index is 685. The second-order valence-corrected chi connectivity index (χ2v) is 4.53. The van der Waals surface area contributed by atoms with E-state index in [1.54, 1.807) is 31.4 Å². The number of ether oxygens (including phenoxy) is 1. The Morgan fingerprint density at radius 3 is 2.43 bits per heavy atom. The average molecular weight is 317 g/mol. The number of nitrogens with one attached hydrogen (secondary N) is 1. The smallest absolute Gasteiger partial charge is 0.265 e. The molecule has 0 fully saturated rings. The van der Waals surface area contributed by atoms with Gasteiger partial charge in [-0.1, -0.05) is 5.16 Å². The molecule has 2 rings (SSSR count). The lowest BCUT2D eigenvalue weighted by Gasteiger charge is -2.06. The fraction of sp³-hybridized carbons (Fsp3) is 0.125. The molecule has 2 aromatic carbocycles. The first kappa shape index (κ1) is 16.3. The van der Waals surface area contributed by atoms with Crippen molar-refractivity contribution < 1.29 is 18.8 Å². The van der Waals surface area contributed by atoms with Gasteiger partial charge in [0.15, 0.2) is 12.4 Å². The molecule has 0 atom stereocenters. The van der Waals surface area contributed by atoms with Gasteiger partial charge in [-0.25, -0.2) is 4.39 Å². The Labute approximate surface area is 132 Å². The maximum Gasteiger partial charge on any atom is 0.265 e. The molecule has 0 bridgehead atoms. The van der Waals surface area contributed by atoms with E-state index in [1.165, 1.54) is 24.3 Å². The van der Waals surface area contributed by atoms with Crippen molar-refractivity contribution in [2.75, 3.05) is 19.0 Å². The third-order valence-corrected chi connectivity index (χ3v) is 2.87. The molecule has 0 aliphatic carbocycles. The summed E-state index contributed by atoms with van der Waals surface area (Å²) in [6.45, 7) is -0.298. The lowest BCUT2D eigenvalue weighted by Crippen LogP contribution is -2.19. The van der Waals surface area contributed by atoms with E-state index < -0.39 is 0 Å². The number of benzene rings is 2. The minimum atomic E-state index is -0.383. The topological polar surface area (TPSA) is 85.9 Å². The molecule has 1 amide bonds. The van der Waals surface area contributed by atoms with Gasteiger partial charge in [0, 0.05) is 11.3 Å². The zero-order valence-corrected chi connectivity index (χ0v) is 12.5. The van der Waals surface area contributed by atoms with Crippen LogP contribution in [0.4, 0.5) is 10.1 Å². The van der Waals surface area contributed by atoms with Crippen LogP contribution in [0.2, 0.25) is 0 Å². The highest BCUT2D eigenvalue weighted by Crippen LogP contribution is 2.14. The van der Waals surface area contributed by atoms with Crippen LogP contribution in [0.5, 0.6) is 5.75 Å². The number of amidine groups is 1. The number of carbonyl (C=O) groups excluding carboxylic acids is 1. The highest BCUT2D eigenvalue weighted by molar-refractivity contribution is 5.97. The molecule has 2 aromatic rings. The number of hydrogen-bond donors (Lipinski definition) is 2. The molecular formula is C16H16FN3O3. The van der Waals surface area contributed by atoms with E-state index in [0.29, 0.717) is 17.0 Å².